The van der Waals surface area contributed by atoms with Crippen LogP contribution in [0.15, 0.2) is 71.2 Å². The number of benzene rings is 3. The molecule has 0 saturated carbocycles. The van der Waals surface area contributed by atoms with E-state index in [0.29, 0.717) is 37.0 Å². The average molecular weight is 527 g/mol. The molecular weight excluding hydrogens is 505 g/mol. The predicted molar refractivity (Wildman–Crippen MR) is 130 cm³/mol. The van der Waals surface area contributed by atoms with Gasteiger partial charge in [-0.3, -0.25) is 10.1 Å². The van der Waals surface area contributed by atoms with Crippen LogP contribution in [0.4, 0.5) is 11.4 Å². The molecule has 0 heterocycles. The fourth-order valence-corrected chi connectivity index (χ4v) is 3.48. The van der Waals surface area contributed by atoms with Gasteiger partial charge < -0.3 is 15.4 Å². The number of non-ortho nitro benzene ring substituents is 1. The zero-order valence-corrected chi connectivity index (χ0v) is 19.7. The molecule has 2 N–H and O–H groups in total. The van der Waals surface area contributed by atoms with E-state index in [1.54, 1.807) is 6.07 Å². The Bertz CT molecular complexity index is 1010. The molecule has 3 aromatic rings. The molecule has 6 nitrogen and oxygen atoms in total. The number of hydrogen-bond donors (Lipinski definition) is 2. The Morgan fingerprint density at radius 3 is 2.52 bits per heavy atom. The normalized spacial score (nSPS) is 10.3. The highest BCUT2D eigenvalue weighted by Gasteiger charge is 2.09. The summed E-state index contributed by atoms with van der Waals surface area (Å²) in [6.07, 6.45) is 0. The van der Waals surface area contributed by atoms with Gasteiger partial charge in [-0.15, -0.1) is 12.4 Å². The summed E-state index contributed by atoms with van der Waals surface area (Å²) in [6, 6.07) is 20.4. The molecule has 0 aliphatic rings. The molecule has 0 bridgehead atoms. The van der Waals surface area contributed by atoms with Gasteiger partial charge in [-0.25, -0.2) is 0 Å². The lowest BCUT2D eigenvalue weighted by Gasteiger charge is -2.14. The number of ether oxygens (including phenoxy) is 1. The van der Waals surface area contributed by atoms with E-state index in [4.69, 9.17) is 16.3 Å². The summed E-state index contributed by atoms with van der Waals surface area (Å²) >= 11 is 9.61. The van der Waals surface area contributed by atoms with Gasteiger partial charge >= 0.3 is 0 Å². The molecule has 31 heavy (non-hydrogen) atoms. The first kappa shape index (κ1) is 24.9. The quantitative estimate of drug-likeness (QED) is 0.186. The second kappa shape index (κ2) is 12.5. The van der Waals surface area contributed by atoms with Crippen LogP contribution in [0, 0.1) is 10.1 Å². The van der Waals surface area contributed by atoms with Gasteiger partial charge in [0.1, 0.15) is 12.4 Å². The number of nitrogens with zero attached hydrogens (tertiary/aromatic N) is 1. The molecule has 0 aliphatic carbocycles. The van der Waals surface area contributed by atoms with Crippen LogP contribution in [0.25, 0.3) is 0 Å². The monoisotopic (exact) mass is 525 g/mol. The van der Waals surface area contributed by atoms with Gasteiger partial charge in [0.15, 0.2) is 0 Å². The molecule has 0 radical (unpaired) electrons. The maximum atomic E-state index is 10.8. The molecule has 0 unspecified atom stereocenters. The Balaban J connectivity index is 0.00000341. The second-order valence-corrected chi connectivity index (χ2v) is 7.87. The molecule has 9 heteroatoms. The van der Waals surface area contributed by atoms with Crippen molar-refractivity contribution in [2.75, 3.05) is 18.4 Å². The highest BCUT2D eigenvalue weighted by atomic mass is 79.9. The van der Waals surface area contributed by atoms with Gasteiger partial charge in [-0.1, -0.05) is 57.9 Å². The van der Waals surface area contributed by atoms with E-state index < -0.39 is 4.92 Å². The van der Waals surface area contributed by atoms with Gasteiger partial charge in [-0.2, -0.15) is 0 Å². The first-order chi connectivity index (χ1) is 14.5. The number of rotatable bonds is 10. The first-order valence-electron chi connectivity index (χ1n) is 9.36. The SMILES string of the molecule is Cl.O=[N+]([O-])c1ccc(NCCNCc2cc(Br)ccc2OCc2ccccc2)c(Cl)c1. The predicted octanol–water partition coefficient (Wildman–Crippen LogP) is 6.21. The summed E-state index contributed by atoms with van der Waals surface area (Å²) in [7, 11) is 0. The minimum Gasteiger partial charge on any atom is -0.489 e. The maximum Gasteiger partial charge on any atom is 0.271 e. The molecule has 164 valence electrons. The van der Waals surface area contributed by atoms with Crippen molar-refractivity contribution in [3.05, 3.63) is 97.5 Å². The van der Waals surface area contributed by atoms with Gasteiger partial charge in [0.05, 0.1) is 15.6 Å². The minimum atomic E-state index is -0.466. The lowest BCUT2D eigenvalue weighted by atomic mass is 10.2. The topological polar surface area (TPSA) is 76.4 Å². The van der Waals surface area contributed by atoms with Crippen molar-refractivity contribution in [1.29, 1.82) is 0 Å². The number of nitrogens with one attached hydrogen (secondary N) is 2. The van der Waals surface area contributed by atoms with E-state index >= 15 is 0 Å². The van der Waals surface area contributed by atoms with Crippen molar-refractivity contribution in [1.82, 2.24) is 5.32 Å². The molecule has 0 fully saturated rings. The molecule has 0 spiro atoms. The molecule has 3 aromatic carbocycles. The van der Waals surface area contributed by atoms with Crippen molar-refractivity contribution in [3.63, 3.8) is 0 Å². The molecule has 0 amide bonds. The van der Waals surface area contributed by atoms with Crippen LogP contribution < -0.4 is 15.4 Å². The Morgan fingerprint density at radius 1 is 1.03 bits per heavy atom. The largest absolute Gasteiger partial charge is 0.489 e. The third-order valence-electron chi connectivity index (χ3n) is 4.36. The number of halogens is 3. The van der Waals surface area contributed by atoms with Crippen LogP contribution in [0.5, 0.6) is 5.75 Å². The van der Waals surface area contributed by atoms with Crippen molar-refractivity contribution < 1.29 is 9.66 Å². The smallest absolute Gasteiger partial charge is 0.271 e. The van der Waals surface area contributed by atoms with Gasteiger partial charge in [0.25, 0.3) is 5.69 Å². The third kappa shape index (κ3) is 7.70. The lowest BCUT2D eigenvalue weighted by Crippen LogP contribution is -2.22. The highest BCUT2D eigenvalue weighted by Crippen LogP contribution is 2.26. The van der Waals surface area contributed by atoms with Crippen LogP contribution in [0.1, 0.15) is 11.1 Å². The third-order valence-corrected chi connectivity index (χ3v) is 5.16. The van der Waals surface area contributed by atoms with E-state index in [1.807, 2.05) is 48.5 Å². The Morgan fingerprint density at radius 2 is 1.81 bits per heavy atom. The van der Waals surface area contributed by atoms with E-state index in [1.165, 1.54) is 12.1 Å². The molecule has 0 atom stereocenters. The zero-order valence-electron chi connectivity index (χ0n) is 16.5. The Kier molecular flexibility index (Phi) is 10.1. The van der Waals surface area contributed by atoms with E-state index in [0.717, 1.165) is 21.3 Å². The summed E-state index contributed by atoms with van der Waals surface area (Å²) in [5.41, 5.74) is 2.80. The number of hydrogen-bond acceptors (Lipinski definition) is 5. The van der Waals surface area contributed by atoms with E-state index in [-0.39, 0.29) is 18.1 Å². The summed E-state index contributed by atoms with van der Waals surface area (Å²) in [4.78, 5) is 10.3. The van der Waals surface area contributed by atoms with Crippen molar-refractivity contribution >= 4 is 51.3 Å². The summed E-state index contributed by atoms with van der Waals surface area (Å²) in [5, 5.41) is 17.7. The summed E-state index contributed by atoms with van der Waals surface area (Å²) in [6.45, 7) is 2.44. The van der Waals surface area contributed by atoms with Crippen molar-refractivity contribution in [2.24, 2.45) is 0 Å². The minimum absolute atomic E-state index is 0. The Labute approximate surface area is 200 Å². The van der Waals surface area contributed by atoms with Gasteiger partial charge in [0.2, 0.25) is 0 Å². The molecule has 0 aromatic heterocycles. The van der Waals surface area contributed by atoms with Crippen LogP contribution in [0.3, 0.4) is 0 Å². The highest BCUT2D eigenvalue weighted by molar-refractivity contribution is 9.10. The van der Waals surface area contributed by atoms with E-state index in [2.05, 4.69) is 26.6 Å². The van der Waals surface area contributed by atoms with Crippen LogP contribution in [0.2, 0.25) is 5.02 Å². The van der Waals surface area contributed by atoms with Crippen LogP contribution in [-0.4, -0.2) is 18.0 Å². The fourth-order valence-electron chi connectivity index (χ4n) is 2.83. The standard InChI is InChI=1S/C22H21BrClN3O3.ClH/c23-18-6-9-22(30-15-16-4-2-1-3-5-16)17(12-18)14-25-10-11-26-21-8-7-19(27(28)29)13-20(21)24;/h1-9,12-13,25-26H,10-11,14-15H2;1H. The van der Waals surface area contributed by atoms with Gasteiger partial charge in [0, 0.05) is 41.8 Å². The second-order valence-electron chi connectivity index (χ2n) is 6.55. The molecule has 0 aliphatic heterocycles. The first-order valence-corrected chi connectivity index (χ1v) is 10.5. The summed E-state index contributed by atoms with van der Waals surface area (Å²) < 4.78 is 6.99. The fraction of sp³-hybridized carbons (Fsp3) is 0.182. The Hall–Kier alpha value is -2.32. The molecular formula is C22H22BrCl2N3O3. The lowest BCUT2D eigenvalue weighted by molar-refractivity contribution is -0.384. The molecule has 0 saturated heterocycles. The maximum absolute atomic E-state index is 10.8. The van der Waals surface area contributed by atoms with E-state index in [9.17, 15) is 10.1 Å². The average Bonchev–Trinajstić information content (AvgIpc) is 2.74. The molecule has 3 rings (SSSR count). The van der Waals surface area contributed by atoms with Crippen LogP contribution >= 0.6 is 39.9 Å². The number of nitro benzene ring substituents is 1. The van der Waals surface area contributed by atoms with Crippen molar-refractivity contribution in [3.8, 4) is 5.75 Å². The summed E-state index contributed by atoms with van der Waals surface area (Å²) in [5.74, 6) is 0.834. The van der Waals surface area contributed by atoms with Crippen LogP contribution in [-0.2, 0) is 13.2 Å². The number of anilines is 1. The number of nitro groups is 1. The zero-order chi connectivity index (χ0) is 21.3. The van der Waals surface area contributed by atoms with Crippen molar-refractivity contribution in [2.45, 2.75) is 13.2 Å². The van der Waals surface area contributed by atoms with Gasteiger partial charge in [-0.05, 0) is 29.8 Å².